The number of hydrogen-bond acceptors (Lipinski definition) is 0. The molecule has 22 heavy (non-hydrogen) atoms. The smallest absolute Gasteiger partial charge is 0.358 e. The fourth-order valence-electron chi connectivity index (χ4n) is 2.32. The first-order chi connectivity index (χ1) is 9.95. The minimum absolute atomic E-state index is 0. The van der Waals surface area contributed by atoms with Crippen molar-refractivity contribution in [1.82, 2.24) is 0 Å². The van der Waals surface area contributed by atoms with E-state index in [4.69, 9.17) is 0 Å². The van der Waals surface area contributed by atoms with Crippen molar-refractivity contribution in [3.05, 3.63) is 104 Å². The fourth-order valence-corrected chi connectivity index (χ4v) is 2.32. The van der Waals surface area contributed by atoms with Gasteiger partial charge in [0.2, 0.25) is 0 Å². The topological polar surface area (TPSA) is 0 Å². The van der Waals surface area contributed by atoms with Crippen LogP contribution in [0.4, 0.5) is 0 Å². The molecular weight excluding hydrogens is 447 g/mol. The predicted octanol–water partition coefficient (Wildman–Crippen LogP) is 4.05. The van der Waals surface area contributed by atoms with Crippen molar-refractivity contribution in [3.63, 3.8) is 0 Å². The van der Waals surface area contributed by atoms with E-state index in [1.54, 1.807) is 0 Å². The molecule has 3 aromatic carbocycles. The maximum atomic E-state index is 3.39. The van der Waals surface area contributed by atoms with Crippen molar-refractivity contribution in [1.29, 1.82) is 0 Å². The molecule has 3 aromatic rings. The summed E-state index contributed by atoms with van der Waals surface area (Å²) >= 11 is 0. The zero-order chi connectivity index (χ0) is 14.2. The van der Waals surface area contributed by atoms with Gasteiger partial charge in [-0.2, -0.15) is 48.0 Å². The number of rotatable bonds is 0. The van der Waals surface area contributed by atoms with E-state index < -0.39 is 0 Å². The van der Waals surface area contributed by atoms with Crippen LogP contribution in [0.1, 0.15) is 11.1 Å². The molecule has 2 heteroatoms. The van der Waals surface area contributed by atoms with Gasteiger partial charge in [-0.3, -0.25) is 0 Å². The van der Waals surface area contributed by atoms with E-state index in [9.17, 15) is 0 Å². The van der Waals surface area contributed by atoms with Crippen LogP contribution in [0.5, 0.6) is 0 Å². The van der Waals surface area contributed by atoms with Gasteiger partial charge < -0.3 is 14.0 Å². The van der Waals surface area contributed by atoms with Crippen molar-refractivity contribution < 1.29 is 25.8 Å². The standard InChI is InChI=1S/C13H9.C5H5.CH5Si.CH3.Hf/c1-3-7-12-10(5-1)9-11-6-2-4-8-13(11)12;1-2-4-5-3-1;1-2;;/h1-5,7-8H,9H2;1-5H;1H2,2H3;1H3;/q4*-1;+4. The molecule has 0 bridgehead atoms. The normalized spacial score (nSPS) is 9.50. The number of benzene rings is 2. The summed E-state index contributed by atoms with van der Waals surface area (Å²) in [5.74, 6) is 0. The summed E-state index contributed by atoms with van der Waals surface area (Å²) in [4.78, 5) is 0. The van der Waals surface area contributed by atoms with E-state index in [0.717, 1.165) is 16.7 Å². The Morgan fingerprint density at radius 2 is 1.55 bits per heavy atom. The SMILES string of the molecule is [CH2-][SiH3].[CH3-].[Hf+4].[c-]1cccc2c1Cc1ccccc1-2.c1cc[cH-]c1. The monoisotopic (exact) mass is 470 g/mol. The Bertz CT molecular complexity index is 569. The Hall–Kier alpha value is -1.12. The second kappa shape index (κ2) is 11.4. The molecule has 110 valence electrons. The Morgan fingerprint density at radius 1 is 0.909 bits per heavy atom. The van der Waals surface area contributed by atoms with Crippen molar-refractivity contribution >= 4 is 10.2 Å². The molecule has 0 heterocycles. The van der Waals surface area contributed by atoms with Gasteiger partial charge >= 0.3 is 25.8 Å². The third-order valence-corrected chi connectivity index (χ3v) is 3.17. The third kappa shape index (κ3) is 5.26. The average Bonchev–Trinajstić information content (AvgIpc) is 3.20. The maximum Gasteiger partial charge on any atom is 4.00 e. The summed E-state index contributed by atoms with van der Waals surface area (Å²) in [6.07, 6.45) is 1.05. The summed E-state index contributed by atoms with van der Waals surface area (Å²) in [7, 11) is 1.06. The van der Waals surface area contributed by atoms with Crippen LogP contribution < -0.4 is 0 Å². The van der Waals surface area contributed by atoms with Crippen molar-refractivity contribution in [2.24, 2.45) is 0 Å². The zero-order valence-electron chi connectivity index (χ0n) is 13.3. The number of hydrogen-bond donors (Lipinski definition) is 0. The molecule has 0 aliphatic heterocycles. The molecule has 0 amide bonds. The Morgan fingerprint density at radius 3 is 2.18 bits per heavy atom. The van der Waals surface area contributed by atoms with Gasteiger partial charge in [-0.15, -0.1) is 15.8 Å². The van der Waals surface area contributed by atoms with E-state index in [2.05, 4.69) is 49.0 Å². The van der Waals surface area contributed by atoms with Gasteiger partial charge in [0.05, 0.1) is 0 Å². The summed E-state index contributed by atoms with van der Waals surface area (Å²) < 4.78 is 0. The second-order valence-corrected chi connectivity index (χ2v) is 4.36. The van der Waals surface area contributed by atoms with Crippen molar-refractivity contribution in [2.45, 2.75) is 6.42 Å². The van der Waals surface area contributed by atoms with Gasteiger partial charge in [-0.25, -0.2) is 12.1 Å². The molecule has 0 saturated heterocycles. The van der Waals surface area contributed by atoms with Crippen molar-refractivity contribution in [2.75, 3.05) is 0 Å². The van der Waals surface area contributed by atoms with Gasteiger partial charge in [0.15, 0.2) is 0 Å². The van der Waals surface area contributed by atoms with Crippen LogP contribution in [-0.4, -0.2) is 10.2 Å². The number of fused-ring (bicyclic) bond motifs is 3. The molecule has 0 radical (unpaired) electrons. The van der Waals surface area contributed by atoms with Crippen LogP contribution in [0, 0.1) is 20.0 Å². The molecule has 0 nitrogen and oxygen atoms in total. The molecule has 0 spiro atoms. The van der Waals surface area contributed by atoms with Gasteiger partial charge in [0, 0.05) is 0 Å². The molecule has 1 aliphatic rings. The van der Waals surface area contributed by atoms with E-state index in [-0.39, 0.29) is 33.3 Å². The fraction of sp³-hybridized carbons (Fsp3) is 0.0500. The van der Waals surface area contributed by atoms with Crippen LogP contribution in [0.15, 0.2) is 72.8 Å². The molecule has 0 unspecified atom stereocenters. The van der Waals surface area contributed by atoms with Crippen molar-refractivity contribution in [3.8, 4) is 11.1 Å². The molecule has 1 aliphatic carbocycles. The van der Waals surface area contributed by atoms with Crippen LogP contribution in [0.2, 0.25) is 0 Å². The molecular formula is C20H22HfSi. The Kier molecular flexibility index (Phi) is 10.9. The van der Waals surface area contributed by atoms with Crippen LogP contribution in [0.25, 0.3) is 11.1 Å². The first-order valence-corrected chi connectivity index (χ1v) is 8.32. The zero-order valence-corrected chi connectivity index (χ0v) is 18.9. The Labute approximate surface area is 157 Å². The summed E-state index contributed by atoms with van der Waals surface area (Å²) in [6.45, 7) is 3.39. The van der Waals surface area contributed by atoms with Crippen LogP contribution in [-0.2, 0) is 32.3 Å². The first-order valence-electron chi connectivity index (χ1n) is 6.90. The Balaban J connectivity index is 0.000000422. The molecule has 4 rings (SSSR count). The van der Waals surface area contributed by atoms with Crippen LogP contribution >= 0.6 is 0 Å². The molecule has 0 fully saturated rings. The quantitative estimate of drug-likeness (QED) is 0.270. The van der Waals surface area contributed by atoms with Gasteiger partial charge in [-0.05, 0) is 6.42 Å². The third-order valence-electron chi connectivity index (χ3n) is 3.17. The van der Waals surface area contributed by atoms with Crippen LogP contribution in [0.3, 0.4) is 0 Å². The largest absolute Gasteiger partial charge is 4.00 e. The minimum atomic E-state index is 0. The summed E-state index contributed by atoms with van der Waals surface area (Å²) in [5, 5.41) is 0. The first kappa shape index (κ1) is 20.9. The second-order valence-electron chi connectivity index (χ2n) is 4.36. The predicted molar refractivity (Wildman–Crippen MR) is 97.3 cm³/mol. The van der Waals surface area contributed by atoms with E-state index in [1.165, 1.54) is 22.3 Å². The average molecular weight is 469 g/mol. The van der Waals surface area contributed by atoms with Gasteiger partial charge in [0.1, 0.15) is 0 Å². The molecule has 0 atom stereocenters. The summed E-state index contributed by atoms with van der Waals surface area (Å²) in [5.41, 5.74) is 5.51. The molecule has 0 N–H and O–H groups in total. The minimum Gasteiger partial charge on any atom is -0.358 e. The summed E-state index contributed by atoms with van der Waals surface area (Å²) in [6, 6.07) is 28.1. The molecule has 0 aromatic heterocycles. The maximum absolute atomic E-state index is 3.39. The van der Waals surface area contributed by atoms with Gasteiger partial charge in [0.25, 0.3) is 0 Å². The van der Waals surface area contributed by atoms with Gasteiger partial charge in [-0.1, -0.05) is 35.4 Å². The van der Waals surface area contributed by atoms with E-state index >= 15 is 0 Å². The van der Waals surface area contributed by atoms with E-state index in [0.29, 0.717) is 0 Å². The molecule has 0 saturated carbocycles. The van der Waals surface area contributed by atoms with E-state index in [1.807, 2.05) is 36.4 Å².